The summed E-state index contributed by atoms with van der Waals surface area (Å²) in [5.41, 5.74) is 7.00. The monoisotopic (exact) mass is 740 g/mol. The van der Waals surface area contributed by atoms with E-state index in [0.717, 1.165) is 35.1 Å². The molecule has 5 heteroatoms. The number of fused-ring (bicyclic) bond motifs is 1. The second-order valence-corrected chi connectivity index (χ2v) is 16.8. The zero-order valence-electron chi connectivity index (χ0n) is 38.3. The van der Waals surface area contributed by atoms with Gasteiger partial charge in [0.15, 0.2) is 17.1 Å². The van der Waals surface area contributed by atoms with Crippen molar-refractivity contribution in [2.75, 3.05) is 0 Å². The Morgan fingerprint density at radius 1 is 0.887 bits per heavy atom. The largest absolute Gasteiger partial charge is 0.478 e. The van der Waals surface area contributed by atoms with Crippen molar-refractivity contribution in [2.45, 2.75) is 207 Å². The van der Waals surface area contributed by atoms with Crippen LogP contribution in [0.2, 0.25) is 0 Å². The molecule has 53 heavy (non-hydrogen) atoms. The number of Topliss-reactive ketones (excluding diaryl/α,β-unsaturated/α-hetero) is 1. The van der Waals surface area contributed by atoms with Gasteiger partial charge in [0.1, 0.15) is 5.52 Å². The molecule has 1 aliphatic rings. The number of aliphatic carboxylic acids is 1. The molecule has 1 N–H and O–H groups in total. The number of furan rings is 1. The smallest absolute Gasteiger partial charge is 0.335 e. The van der Waals surface area contributed by atoms with Crippen LogP contribution in [0.5, 0.6) is 0 Å². The van der Waals surface area contributed by atoms with Crippen LogP contribution in [0.1, 0.15) is 223 Å². The molecule has 3 rings (SSSR count). The standard InChI is InChI=1S/C21H29NO2.C12H18O2.C7H16.C4H10.2C2H6/c1-13(23)18-12-17-19(24-18)15(20(2,3)4)11-16(22-17)14-7-9-21(5,6)10-8-14;1-5-7-9(3)8-11(12(13)14)10(4)6-2;1-5-6-7(2,3)4;1-3-4-2;2*1-2/h11-12,14H,7-10H2,1-6H3;6,8H,2,5,7H2,1,3-4H3,(H,13,14);5-6H2,1-4H3;3-4H2,1-2H3;2*1-2H3/b;9-8-,11-10+;;;;. The lowest BCUT2D eigenvalue weighted by atomic mass is 9.72. The molecule has 0 radical (unpaired) electrons. The Hall–Kier alpha value is -2.95. The molecule has 0 bridgehead atoms. The van der Waals surface area contributed by atoms with Crippen LogP contribution in [0.15, 0.2) is 52.0 Å². The molecule has 0 unspecified atom stereocenters. The fraction of sp³-hybridized carbons (Fsp3) is 0.688. The summed E-state index contributed by atoms with van der Waals surface area (Å²) in [6.07, 6.45) is 15.4. The first-order chi connectivity index (χ1) is 24.6. The summed E-state index contributed by atoms with van der Waals surface area (Å²) in [4.78, 5) is 27.5. The van der Waals surface area contributed by atoms with Crippen LogP contribution in [0.3, 0.4) is 0 Å². The second-order valence-electron chi connectivity index (χ2n) is 16.8. The molecular formula is C48H85NO4. The highest BCUT2D eigenvalue weighted by Crippen LogP contribution is 2.43. The molecule has 0 saturated heterocycles. The maximum absolute atomic E-state index is 11.7. The summed E-state index contributed by atoms with van der Waals surface area (Å²) in [5.74, 6) is -0.0178. The normalized spacial score (nSPS) is 14.5. The Kier molecular flexibility index (Phi) is 28.3. The van der Waals surface area contributed by atoms with Gasteiger partial charge in [0.25, 0.3) is 0 Å². The lowest BCUT2D eigenvalue weighted by molar-refractivity contribution is -0.132. The third-order valence-electron chi connectivity index (χ3n) is 8.91. The molecule has 0 spiro atoms. The summed E-state index contributed by atoms with van der Waals surface area (Å²) in [5, 5.41) is 8.94. The van der Waals surface area contributed by atoms with Gasteiger partial charge in [-0.05, 0) is 86.3 Å². The van der Waals surface area contributed by atoms with E-state index in [1.807, 2.05) is 40.7 Å². The third-order valence-corrected chi connectivity index (χ3v) is 8.91. The number of aromatic nitrogens is 1. The Morgan fingerprint density at radius 3 is 1.74 bits per heavy atom. The number of nitrogens with zero attached hydrogens (tertiary/aromatic N) is 1. The summed E-state index contributed by atoms with van der Waals surface area (Å²) < 4.78 is 5.85. The van der Waals surface area contributed by atoms with E-state index in [4.69, 9.17) is 14.5 Å². The summed E-state index contributed by atoms with van der Waals surface area (Å²) in [7, 11) is 0. The van der Waals surface area contributed by atoms with E-state index >= 15 is 0 Å². The van der Waals surface area contributed by atoms with Gasteiger partial charge in [-0.2, -0.15) is 0 Å². The van der Waals surface area contributed by atoms with Crippen molar-refractivity contribution in [1.29, 1.82) is 0 Å². The highest BCUT2D eigenvalue weighted by Gasteiger charge is 2.30. The number of carboxylic acids is 1. The van der Waals surface area contributed by atoms with Gasteiger partial charge in [-0.3, -0.25) is 4.79 Å². The van der Waals surface area contributed by atoms with E-state index in [9.17, 15) is 9.59 Å². The number of carbonyl (C=O) groups excluding carboxylic acids is 1. The highest BCUT2D eigenvalue weighted by atomic mass is 16.4. The number of hydrogen-bond donors (Lipinski definition) is 1. The Labute approximate surface area is 328 Å². The van der Waals surface area contributed by atoms with Crippen LogP contribution < -0.4 is 0 Å². The molecule has 2 aromatic heterocycles. The van der Waals surface area contributed by atoms with Crippen molar-refractivity contribution in [3.8, 4) is 0 Å². The molecule has 1 fully saturated rings. The summed E-state index contributed by atoms with van der Waals surface area (Å²) in [6, 6.07) is 4.03. The van der Waals surface area contributed by atoms with E-state index in [0.29, 0.717) is 33.7 Å². The van der Waals surface area contributed by atoms with Gasteiger partial charge in [0.2, 0.25) is 0 Å². The maximum Gasteiger partial charge on any atom is 0.335 e. The fourth-order valence-corrected chi connectivity index (χ4v) is 5.59. The molecule has 1 aliphatic carbocycles. The van der Waals surface area contributed by atoms with E-state index in [2.05, 4.69) is 95.7 Å². The Bertz CT molecular complexity index is 1380. The van der Waals surface area contributed by atoms with Crippen LogP contribution in [0, 0.1) is 10.8 Å². The topological polar surface area (TPSA) is 80.4 Å². The quantitative estimate of drug-likeness (QED) is 0.157. The number of unbranched alkanes of at least 4 members (excludes halogenated alkanes) is 1. The molecule has 306 valence electrons. The molecule has 1 saturated carbocycles. The molecule has 2 aromatic rings. The number of rotatable bonds is 9. The summed E-state index contributed by atoms with van der Waals surface area (Å²) in [6.45, 7) is 43.6. The van der Waals surface area contributed by atoms with Gasteiger partial charge in [0, 0.05) is 30.2 Å². The number of carbonyl (C=O) groups is 2. The highest BCUT2D eigenvalue weighted by molar-refractivity contribution is 5.95. The van der Waals surface area contributed by atoms with Gasteiger partial charge in [0.05, 0.1) is 5.57 Å². The summed E-state index contributed by atoms with van der Waals surface area (Å²) >= 11 is 0. The first kappa shape index (κ1) is 54.4. The Morgan fingerprint density at radius 2 is 1.40 bits per heavy atom. The number of carboxylic acid groups (broad SMARTS) is 1. The molecule has 5 nitrogen and oxygen atoms in total. The van der Waals surface area contributed by atoms with Crippen molar-refractivity contribution >= 4 is 22.9 Å². The van der Waals surface area contributed by atoms with Gasteiger partial charge in [-0.15, -0.1) is 0 Å². The minimum Gasteiger partial charge on any atom is -0.478 e. The second kappa shape index (κ2) is 27.6. The first-order valence-corrected chi connectivity index (χ1v) is 20.8. The van der Waals surface area contributed by atoms with Crippen molar-refractivity contribution in [1.82, 2.24) is 4.98 Å². The van der Waals surface area contributed by atoms with E-state index in [-0.39, 0.29) is 11.2 Å². The average molecular weight is 740 g/mol. The van der Waals surface area contributed by atoms with Crippen molar-refractivity contribution in [3.05, 3.63) is 64.6 Å². The fourth-order valence-electron chi connectivity index (χ4n) is 5.59. The van der Waals surface area contributed by atoms with E-state index < -0.39 is 5.97 Å². The maximum atomic E-state index is 11.7. The van der Waals surface area contributed by atoms with Gasteiger partial charge < -0.3 is 9.52 Å². The minimum atomic E-state index is -0.891. The molecule has 0 amide bonds. The number of ketones is 1. The zero-order valence-corrected chi connectivity index (χ0v) is 38.3. The van der Waals surface area contributed by atoms with Crippen molar-refractivity contribution in [3.63, 3.8) is 0 Å². The minimum absolute atomic E-state index is 0.0458. The van der Waals surface area contributed by atoms with Crippen LogP contribution in [-0.2, 0) is 10.2 Å². The average Bonchev–Trinajstić information content (AvgIpc) is 3.53. The molecule has 0 aromatic carbocycles. The van der Waals surface area contributed by atoms with Crippen LogP contribution in [-0.4, -0.2) is 21.8 Å². The van der Waals surface area contributed by atoms with Crippen LogP contribution >= 0.6 is 0 Å². The molecule has 0 aliphatic heterocycles. The van der Waals surface area contributed by atoms with E-state index in [1.54, 1.807) is 26.0 Å². The lowest BCUT2D eigenvalue weighted by Gasteiger charge is -2.34. The molecule has 2 heterocycles. The van der Waals surface area contributed by atoms with Crippen molar-refractivity contribution in [2.24, 2.45) is 10.8 Å². The number of hydrogen-bond acceptors (Lipinski definition) is 4. The van der Waals surface area contributed by atoms with E-state index in [1.165, 1.54) is 57.1 Å². The zero-order chi connectivity index (χ0) is 42.2. The van der Waals surface area contributed by atoms with Crippen LogP contribution in [0.25, 0.3) is 11.1 Å². The van der Waals surface area contributed by atoms with Gasteiger partial charge in [-0.1, -0.05) is 155 Å². The predicted octanol–water partition coefficient (Wildman–Crippen LogP) is 16.0. The van der Waals surface area contributed by atoms with Crippen LogP contribution in [0.4, 0.5) is 0 Å². The van der Waals surface area contributed by atoms with Gasteiger partial charge >= 0.3 is 5.97 Å². The number of pyridine rings is 1. The third kappa shape index (κ3) is 22.8. The first-order valence-electron chi connectivity index (χ1n) is 20.8. The molecular weight excluding hydrogens is 655 g/mol. The SMILES string of the molecule is C=C/C(C)=C(\C=C(\C)CCC)C(=O)O.CC.CC.CC(=O)c1cc2nc(C3CCC(C)(C)CC3)cc(C(C)(C)C)c2o1.CCCC.CCCC(C)(C)C. The lowest BCUT2D eigenvalue weighted by Crippen LogP contribution is -2.21. The predicted molar refractivity (Wildman–Crippen MR) is 235 cm³/mol. The van der Waals surface area contributed by atoms with Gasteiger partial charge in [-0.25, -0.2) is 9.78 Å². The van der Waals surface area contributed by atoms with Crippen molar-refractivity contribution < 1.29 is 19.1 Å². The molecule has 0 atom stereocenters. The number of allylic oxidation sites excluding steroid dienone is 3. The Balaban J connectivity index is -0.000000730.